The predicted octanol–water partition coefficient (Wildman–Crippen LogP) is 2.84. The van der Waals surface area contributed by atoms with E-state index in [9.17, 15) is 5.11 Å². The third-order valence-corrected chi connectivity index (χ3v) is 5.75. The summed E-state index contributed by atoms with van der Waals surface area (Å²) >= 11 is 0. The SMILES string of the molecule is CN(C)CC1CCN(C2CC(C(C)(C)C)CCC2O)CC1. The standard InChI is InChI=1S/C18H36N2O/c1-18(2,3)15-6-7-17(21)16(12-15)20-10-8-14(9-11-20)13-19(4)5/h14-17,21H,6-13H2,1-5H3. The molecule has 1 aliphatic heterocycles. The molecule has 0 amide bonds. The topological polar surface area (TPSA) is 26.7 Å². The van der Waals surface area contributed by atoms with Gasteiger partial charge in [0.2, 0.25) is 0 Å². The molecule has 3 atom stereocenters. The summed E-state index contributed by atoms with van der Waals surface area (Å²) in [4.78, 5) is 4.90. The summed E-state index contributed by atoms with van der Waals surface area (Å²) in [5.41, 5.74) is 0.377. The molecule has 0 aromatic rings. The molecule has 3 nitrogen and oxygen atoms in total. The van der Waals surface area contributed by atoms with Crippen LogP contribution in [0.2, 0.25) is 0 Å². The van der Waals surface area contributed by atoms with Crippen molar-refractivity contribution in [1.82, 2.24) is 9.80 Å². The molecule has 3 unspecified atom stereocenters. The van der Waals surface area contributed by atoms with Crippen molar-refractivity contribution in [3.63, 3.8) is 0 Å². The van der Waals surface area contributed by atoms with Crippen LogP contribution in [-0.4, -0.2) is 60.8 Å². The second kappa shape index (κ2) is 6.97. The van der Waals surface area contributed by atoms with Crippen LogP contribution in [-0.2, 0) is 0 Å². The number of likely N-dealkylation sites (tertiary alicyclic amines) is 1. The lowest BCUT2D eigenvalue weighted by molar-refractivity contribution is -0.0292. The lowest BCUT2D eigenvalue weighted by Gasteiger charge is -2.46. The van der Waals surface area contributed by atoms with Gasteiger partial charge in [-0.1, -0.05) is 20.8 Å². The molecule has 2 fully saturated rings. The Balaban J connectivity index is 1.89. The average molecular weight is 296 g/mol. The molecule has 1 N–H and O–H groups in total. The Morgan fingerprint density at radius 1 is 1.05 bits per heavy atom. The maximum Gasteiger partial charge on any atom is 0.0695 e. The number of aliphatic hydroxyl groups excluding tert-OH is 1. The third kappa shape index (κ3) is 4.67. The van der Waals surface area contributed by atoms with Crippen molar-refractivity contribution in [2.45, 2.75) is 65.0 Å². The zero-order valence-electron chi connectivity index (χ0n) is 14.8. The molecule has 0 radical (unpaired) electrons. The van der Waals surface area contributed by atoms with Crippen molar-refractivity contribution in [3.8, 4) is 0 Å². The van der Waals surface area contributed by atoms with Crippen LogP contribution in [0.1, 0.15) is 52.9 Å². The number of hydrogen-bond acceptors (Lipinski definition) is 3. The lowest BCUT2D eigenvalue weighted by atomic mass is 9.69. The molecule has 0 bridgehead atoms. The Morgan fingerprint density at radius 3 is 2.19 bits per heavy atom. The van der Waals surface area contributed by atoms with Crippen LogP contribution < -0.4 is 0 Å². The molecule has 2 rings (SSSR count). The molecule has 1 saturated heterocycles. The molecule has 1 saturated carbocycles. The van der Waals surface area contributed by atoms with Gasteiger partial charge in [0.1, 0.15) is 0 Å². The number of aliphatic hydroxyl groups is 1. The smallest absolute Gasteiger partial charge is 0.0695 e. The van der Waals surface area contributed by atoms with Gasteiger partial charge in [-0.3, -0.25) is 4.90 Å². The lowest BCUT2D eigenvalue weighted by Crippen LogP contribution is -2.52. The van der Waals surface area contributed by atoms with E-state index >= 15 is 0 Å². The molecular formula is C18H36N2O. The van der Waals surface area contributed by atoms with Crippen LogP contribution >= 0.6 is 0 Å². The Hall–Kier alpha value is -0.120. The molecule has 21 heavy (non-hydrogen) atoms. The van der Waals surface area contributed by atoms with E-state index in [1.807, 2.05) is 0 Å². The summed E-state index contributed by atoms with van der Waals surface area (Å²) < 4.78 is 0. The Kier molecular flexibility index (Phi) is 5.72. The molecule has 0 aromatic carbocycles. The molecule has 2 aliphatic rings. The normalized spacial score (nSPS) is 33.6. The van der Waals surface area contributed by atoms with Gasteiger partial charge in [0.05, 0.1) is 6.10 Å². The maximum atomic E-state index is 10.5. The van der Waals surface area contributed by atoms with Gasteiger partial charge < -0.3 is 10.0 Å². The highest BCUT2D eigenvalue weighted by atomic mass is 16.3. The molecule has 3 heteroatoms. The van der Waals surface area contributed by atoms with Crippen molar-refractivity contribution < 1.29 is 5.11 Å². The van der Waals surface area contributed by atoms with Crippen molar-refractivity contribution in [2.75, 3.05) is 33.7 Å². The molecule has 1 heterocycles. The summed E-state index contributed by atoms with van der Waals surface area (Å²) in [5, 5.41) is 10.5. The van der Waals surface area contributed by atoms with Crippen molar-refractivity contribution >= 4 is 0 Å². The van der Waals surface area contributed by atoms with Crippen LogP contribution in [0, 0.1) is 17.3 Å². The highest BCUT2D eigenvalue weighted by molar-refractivity contribution is 4.92. The van der Waals surface area contributed by atoms with Gasteiger partial charge >= 0.3 is 0 Å². The second-order valence-corrected chi connectivity index (χ2v) is 8.75. The highest BCUT2D eigenvalue weighted by Gasteiger charge is 2.38. The van der Waals surface area contributed by atoms with Gasteiger partial charge in [0, 0.05) is 12.6 Å². The van der Waals surface area contributed by atoms with Crippen molar-refractivity contribution in [2.24, 2.45) is 17.3 Å². The van der Waals surface area contributed by atoms with E-state index in [2.05, 4.69) is 44.7 Å². The van der Waals surface area contributed by atoms with Gasteiger partial charge in [0.15, 0.2) is 0 Å². The number of hydrogen-bond donors (Lipinski definition) is 1. The zero-order valence-corrected chi connectivity index (χ0v) is 14.8. The van der Waals surface area contributed by atoms with Crippen LogP contribution in [0.3, 0.4) is 0 Å². The minimum atomic E-state index is -0.103. The van der Waals surface area contributed by atoms with E-state index in [-0.39, 0.29) is 6.10 Å². The molecular weight excluding hydrogens is 260 g/mol. The quantitative estimate of drug-likeness (QED) is 0.867. The summed E-state index contributed by atoms with van der Waals surface area (Å²) in [6.07, 6.45) is 5.85. The first-order valence-electron chi connectivity index (χ1n) is 8.84. The molecule has 0 aromatic heterocycles. The fraction of sp³-hybridized carbons (Fsp3) is 1.00. The fourth-order valence-electron chi connectivity index (χ4n) is 4.29. The van der Waals surface area contributed by atoms with E-state index in [0.717, 1.165) is 18.3 Å². The van der Waals surface area contributed by atoms with E-state index in [4.69, 9.17) is 0 Å². The first kappa shape index (κ1) is 17.2. The summed E-state index contributed by atoms with van der Waals surface area (Å²) in [7, 11) is 4.34. The van der Waals surface area contributed by atoms with Gasteiger partial charge in [0.25, 0.3) is 0 Å². The Bertz CT molecular complexity index is 316. The van der Waals surface area contributed by atoms with E-state index in [1.165, 1.54) is 45.3 Å². The summed E-state index contributed by atoms with van der Waals surface area (Å²) in [5.74, 6) is 1.60. The van der Waals surface area contributed by atoms with Gasteiger partial charge in [-0.15, -0.1) is 0 Å². The van der Waals surface area contributed by atoms with Gasteiger partial charge in [-0.05, 0) is 76.5 Å². The summed E-state index contributed by atoms with van der Waals surface area (Å²) in [6, 6.07) is 0.406. The van der Waals surface area contributed by atoms with E-state index in [0.29, 0.717) is 11.5 Å². The fourth-order valence-corrected chi connectivity index (χ4v) is 4.29. The minimum absolute atomic E-state index is 0.103. The predicted molar refractivity (Wildman–Crippen MR) is 89.4 cm³/mol. The number of piperidine rings is 1. The average Bonchev–Trinajstić information content (AvgIpc) is 2.38. The Labute approximate surface area is 131 Å². The highest BCUT2D eigenvalue weighted by Crippen LogP contribution is 2.40. The monoisotopic (exact) mass is 296 g/mol. The summed E-state index contributed by atoms with van der Waals surface area (Å²) in [6.45, 7) is 10.6. The number of nitrogens with zero attached hydrogens (tertiary/aromatic N) is 2. The first-order chi connectivity index (χ1) is 9.77. The van der Waals surface area contributed by atoms with Gasteiger partial charge in [-0.2, -0.15) is 0 Å². The number of rotatable bonds is 3. The van der Waals surface area contributed by atoms with Crippen molar-refractivity contribution in [3.05, 3.63) is 0 Å². The zero-order chi connectivity index (χ0) is 15.6. The minimum Gasteiger partial charge on any atom is -0.391 e. The van der Waals surface area contributed by atoms with Gasteiger partial charge in [-0.25, -0.2) is 0 Å². The Morgan fingerprint density at radius 2 is 1.67 bits per heavy atom. The largest absolute Gasteiger partial charge is 0.391 e. The maximum absolute atomic E-state index is 10.5. The van der Waals surface area contributed by atoms with E-state index in [1.54, 1.807) is 0 Å². The van der Waals surface area contributed by atoms with E-state index < -0.39 is 0 Å². The molecule has 0 spiro atoms. The van der Waals surface area contributed by atoms with Crippen molar-refractivity contribution in [1.29, 1.82) is 0 Å². The first-order valence-corrected chi connectivity index (χ1v) is 8.84. The van der Waals surface area contributed by atoms with Crippen LogP contribution in [0.5, 0.6) is 0 Å². The second-order valence-electron chi connectivity index (χ2n) is 8.75. The van der Waals surface area contributed by atoms with Crippen LogP contribution in [0.4, 0.5) is 0 Å². The molecule has 1 aliphatic carbocycles. The van der Waals surface area contributed by atoms with Crippen LogP contribution in [0.25, 0.3) is 0 Å². The molecule has 124 valence electrons. The third-order valence-electron chi connectivity index (χ3n) is 5.75. The van der Waals surface area contributed by atoms with Crippen LogP contribution in [0.15, 0.2) is 0 Å².